The van der Waals surface area contributed by atoms with Crippen molar-refractivity contribution in [2.24, 2.45) is 10.9 Å². The minimum absolute atomic E-state index is 0.0997. The van der Waals surface area contributed by atoms with Gasteiger partial charge in [0.25, 0.3) is 0 Å². The number of rotatable bonds is 8. The molecule has 0 aliphatic heterocycles. The molecular formula is C19H28F2N4O2. The third-order valence-corrected chi connectivity index (χ3v) is 4.34. The van der Waals surface area contributed by atoms with Crippen molar-refractivity contribution in [3.63, 3.8) is 0 Å². The fraction of sp³-hybridized carbons (Fsp3) is 0.579. The van der Waals surface area contributed by atoms with Crippen LogP contribution in [0.4, 0.5) is 13.6 Å². The molecule has 6 nitrogen and oxygen atoms in total. The lowest BCUT2D eigenvalue weighted by Gasteiger charge is -2.20. The van der Waals surface area contributed by atoms with Gasteiger partial charge in [0, 0.05) is 18.2 Å². The number of benzene rings is 1. The second-order valence-electron chi connectivity index (χ2n) is 6.56. The van der Waals surface area contributed by atoms with Gasteiger partial charge < -0.3 is 20.7 Å². The van der Waals surface area contributed by atoms with E-state index in [2.05, 4.69) is 20.9 Å². The molecule has 0 spiro atoms. The van der Waals surface area contributed by atoms with Gasteiger partial charge in [-0.25, -0.2) is 13.6 Å². The van der Waals surface area contributed by atoms with E-state index in [1.165, 1.54) is 12.1 Å². The second kappa shape index (κ2) is 10.1. The van der Waals surface area contributed by atoms with Gasteiger partial charge in [0.15, 0.2) is 5.96 Å². The van der Waals surface area contributed by atoms with E-state index in [4.69, 9.17) is 4.74 Å². The number of guanidine groups is 1. The molecule has 0 radical (unpaired) electrons. The lowest BCUT2D eigenvalue weighted by atomic mass is 10.1. The van der Waals surface area contributed by atoms with Gasteiger partial charge in [-0.15, -0.1) is 0 Å². The summed E-state index contributed by atoms with van der Waals surface area (Å²) in [5.74, 6) is -0.315. The molecule has 1 amide bonds. The monoisotopic (exact) mass is 382 g/mol. The van der Waals surface area contributed by atoms with Gasteiger partial charge in [-0.2, -0.15) is 0 Å². The van der Waals surface area contributed by atoms with Crippen molar-refractivity contribution in [3.8, 4) is 0 Å². The van der Waals surface area contributed by atoms with Crippen LogP contribution in [0.5, 0.6) is 0 Å². The summed E-state index contributed by atoms with van der Waals surface area (Å²) in [7, 11) is 0. The summed E-state index contributed by atoms with van der Waals surface area (Å²) in [6.45, 7) is 6.79. The fourth-order valence-electron chi connectivity index (χ4n) is 2.78. The zero-order valence-electron chi connectivity index (χ0n) is 16.0. The Morgan fingerprint density at radius 1 is 1.30 bits per heavy atom. The first kappa shape index (κ1) is 20.9. The number of aliphatic imine (C=N–C) groups is 1. The molecule has 1 saturated carbocycles. The lowest BCUT2D eigenvalue weighted by molar-refractivity contribution is 0.147. The average molecular weight is 382 g/mol. The van der Waals surface area contributed by atoms with Crippen molar-refractivity contribution in [3.05, 3.63) is 35.4 Å². The molecule has 150 valence electrons. The Kier molecular flexibility index (Phi) is 7.82. The van der Waals surface area contributed by atoms with Crippen molar-refractivity contribution >= 4 is 12.1 Å². The highest BCUT2D eigenvalue weighted by Crippen LogP contribution is 2.32. The highest BCUT2D eigenvalue weighted by molar-refractivity contribution is 5.80. The predicted octanol–water partition coefficient (Wildman–Crippen LogP) is 3.11. The third-order valence-electron chi connectivity index (χ3n) is 4.34. The summed E-state index contributed by atoms with van der Waals surface area (Å²) in [4.78, 5) is 16.2. The summed E-state index contributed by atoms with van der Waals surface area (Å²) in [5, 5.41) is 9.08. The molecule has 27 heavy (non-hydrogen) atoms. The molecule has 1 aliphatic carbocycles. The number of ether oxygens (including phenoxy) is 1. The van der Waals surface area contributed by atoms with E-state index in [0.29, 0.717) is 37.1 Å². The van der Waals surface area contributed by atoms with Crippen molar-refractivity contribution in [1.82, 2.24) is 16.0 Å². The number of hydrogen-bond acceptors (Lipinski definition) is 3. The van der Waals surface area contributed by atoms with Crippen LogP contribution in [0.3, 0.4) is 0 Å². The van der Waals surface area contributed by atoms with Crippen LogP contribution in [0, 0.1) is 17.6 Å². The molecule has 1 aromatic rings. The SMILES string of the molecule is CCNC(=NCC(NC(=O)OCC)C1CC1)NC(C)c1ccc(F)cc1F. The quantitative estimate of drug-likeness (QED) is 0.477. The summed E-state index contributed by atoms with van der Waals surface area (Å²) in [5.41, 5.74) is 0.352. The molecule has 1 fully saturated rings. The van der Waals surface area contributed by atoms with E-state index in [-0.39, 0.29) is 6.04 Å². The molecule has 0 heterocycles. The van der Waals surface area contributed by atoms with Crippen LogP contribution in [0.1, 0.15) is 45.2 Å². The van der Waals surface area contributed by atoms with E-state index >= 15 is 0 Å². The maximum absolute atomic E-state index is 14.0. The highest BCUT2D eigenvalue weighted by atomic mass is 19.1. The van der Waals surface area contributed by atoms with Gasteiger partial charge in [0.1, 0.15) is 11.6 Å². The molecule has 0 aromatic heterocycles. The average Bonchev–Trinajstić information content (AvgIpc) is 3.43. The van der Waals surface area contributed by atoms with Crippen molar-refractivity contribution in [2.75, 3.05) is 19.7 Å². The van der Waals surface area contributed by atoms with Gasteiger partial charge in [0.05, 0.1) is 25.2 Å². The van der Waals surface area contributed by atoms with Gasteiger partial charge >= 0.3 is 6.09 Å². The van der Waals surface area contributed by atoms with Crippen molar-refractivity contribution < 1.29 is 18.3 Å². The van der Waals surface area contributed by atoms with Crippen molar-refractivity contribution in [1.29, 1.82) is 0 Å². The minimum Gasteiger partial charge on any atom is -0.450 e. The van der Waals surface area contributed by atoms with Gasteiger partial charge in [-0.1, -0.05) is 6.07 Å². The van der Waals surface area contributed by atoms with Crippen LogP contribution < -0.4 is 16.0 Å². The van der Waals surface area contributed by atoms with Crippen LogP contribution in [0.2, 0.25) is 0 Å². The summed E-state index contributed by atoms with van der Waals surface area (Å²) in [6.07, 6.45) is 1.66. The molecule has 8 heteroatoms. The van der Waals surface area contributed by atoms with E-state index in [9.17, 15) is 13.6 Å². The molecule has 2 rings (SSSR count). The van der Waals surface area contributed by atoms with E-state index in [1.54, 1.807) is 13.8 Å². The maximum atomic E-state index is 14.0. The summed E-state index contributed by atoms with van der Waals surface area (Å²) in [6, 6.07) is 3.01. The first-order valence-electron chi connectivity index (χ1n) is 9.37. The predicted molar refractivity (Wildman–Crippen MR) is 101 cm³/mol. The van der Waals surface area contributed by atoms with Gasteiger partial charge in [0.2, 0.25) is 0 Å². The normalized spacial score (nSPS) is 16.4. The molecule has 0 saturated heterocycles. The number of hydrogen-bond donors (Lipinski definition) is 3. The fourth-order valence-corrected chi connectivity index (χ4v) is 2.78. The smallest absolute Gasteiger partial charge is 0.407 e. The third kappa shape index (κ3) is 6.69. The Labute approximate surface area is 158 Å². The molecule has 1 aliphatic rings. The Morgan fingerprint density at radius 3 is 2.63 bits per heavy atom. The largest absolute Gasteiger partial charge is 0.450 e. The molecular weight excluding hydrogens is 354 g/mol. The first-order valence-corrected chi connectivity index (χ1v) is 9.37. The molecule has 3 N–H and O–H groups in total. The number of carbonyl (C=O) groups excluding carboxylic acids is 1. The molecule has 2 atom stereocenters. The number of amides is 1. The lowest BCUT2D eigenvalue weighted by Crippen LogP contribution is -2.42. The number of halogens is 2. The first-order chi connectivity index (χ1) is 12.9. The van der Waals surface area contributed by atoms with Crippen LogP contribution in [-0.4, -0.2) is 37.8 Å². The van der Waals surface area contributed by atoms with E-state index in [1.807, 2.05) is 6.92 Å². The summed E-state index contributed by atoms with van der Waals surface area (Å²) >= 11 is 0. The Balaban J connectivity index is 2.02. The van der Waals surface area contributed by atoms with Crippen LogP contribution in [0.15, 0.2) is 23.2 Å². The minimum atomic E-state index is -0.610. The van der Waals surface area contributed by atoms with E-state index in [0.717, 1.165) is 18.9 Å². The zero-order valence-corrected chi connectivity index (χ0v) is 16.0. The van der Waals surface area contributed by atoms with Crippen LogP contribution in [0.25, 0.3) is 0 Å². The molecule has 2 unspecified atom stereocenters. The van der Waals surface area contributed by atoms with Crippen LogP contribution in [-0.2, 0) is 4.74 Å². The Bertz CT molecular complexity index is 665. The number of nitrogens with one attached hydrogen (secondary N) is 3. The number of nitrogens with zero attached hydrogens (tertiary/aromatic N) is 1. The standard InChI is InChI=1S/C19H28F2N4O2/c1-4-22-18(24-12(3)15-9-8-14(20)10-16(15)21)23-11-17(13-6-7-13)25-19(26)27-5-2/h8-10,12-13,17H,4-7,11H2,1-3H3,(H,25,26)(H2,22,23,24). The van der Waals surface area contributed by atoms with Gasteiger partial charge in [-0.05, 0) is 45.6 Å². The van der Waals surface area contributed by atoms with Gasteiger partial charge in [-0.3, -0.25) is 4.99 Å². The number of alkyl carbamates (subject to hydrolysis) is 1. The maximum Gasteiger partial charge on any atom is 0.407 e. The Hall–Kier alpha value is -2.38. The van der Waals surface area contributed by atoms with Crippen molar-refractivity contribution in [2.45, 2.75) is 45.7 Å². The topological polar surface area (TPSA) is 74.8 Å². The zero-order chi connectivity index (χ0) is 19.8. The van der Waals surface area contributed by atoms with Crippen LogP contribution >= 0.6 is 0 Å². The molecule has 1 aromatic carbocycles. The number of carbonyl (C=O) groups is 1. The highest BCUT2D eigenvalue weighted by Gasteiger charge is 2.32. The second-order valence-corrected chi connectivity index (χ2v) is 6.56. The molecule has 0 bridgehead atoms. The Morgan fingerprint density at radius 2 is 2.04 bits per heavy atom. The summed E-state index contributed by atoms with van der Waals surface area (Å²) < 4.78 is 32.0. The van der Waals surface area contributed by atoms with E-state index < -0.39 is 23.8 Å².